The molecule has 130 valence electrons. The molecule has 2 rings (SSSR count). The topological polar surface area (TPSA) is 84.5 Å². The quantitative estimate of drug-likeness (QED) is 0.789. The van der Waals surface area contributed by atoms with E-state index in [1.165, 1.54) is 13.2 Å². The van der Waals surface area contributed by atoms with Crippen LogP contribution in [-0.4, -0.2) is 31.4 Å². The number of ether oxygens (including phenoxy) is 1. The Morgan fingerprint density at radius 3 is 2.48 bits per heavy atom. The molecule has 0 saturated heterocycles. The van der Waals surface area contributed by atoms with Gasteiger partial charge in [-0.2, -0.15) is 0 Å². The summed E-state index contributed by atoms with van der Waals surface area (Å²) in [6.07, 6.45) is 0.215. The van der Waals surface area contributed by atoms with Gasteiger partial charge in [0.1, 0.15) is 0 Å². The third kappa shape index (κ3) is 5.76. The Hall–Kier alpha value is -3.15. The minimum Gasteiger partial charge on any atom is -0.465 e. The smallest absolute Gasteiger partial charge is 0.337 e. The van der Waals surface area contributed by atoms with Crippen LogP contribution in [0.15, 0.2) is 48.5 Å². The lowest BCUT2D eigenvalue weighted by Crippen LogP contribution is -2.33. The van der Waals surface area contributed by atoms with Gasteiger partial charge in [0.05, 0.1) is 25.6 Å². The number of nitrogens with one attached hydrogen (secondary N) is 2. The molecule has 0 fully saturated rings. The Labute approximate surface area is 146 Å². The molecule has 2 aromatic rings. The maximum atomic E-state index is 11.9. The van der Waals surface area contributed by atoms with E-state index in [1.54, 1.807) is 18.2 Å². The molecule has 0 aliphatic carbocycles. The van der Waals surface area contributed by atoms with Gasteiger partial charge >= 0.3 is 5.97 Å². The summed E-state index contributed by atoms with van der Waals surface area (Å²) < 4.78 is 4.63. The molecule has 2 aromatic carbocycles. The molecule has 0 bridgehead atoms. The van der Waals surface area contributed by atoms with Gasteiger partial charge in [-0.15, -0.1) is 0 Å². The summed E-state index contributed by atoms with van der Waals surface area (Å²) in [7, 11) is 1.29. The Kier molecular flexibility index (Phi) is 6.28. The molecule has 0 unspecified atom stereocenters. The van der Waals surface area contributed by atoms with Crippen molar-refractivity contribution in [2.24, 2.45) is 0 Å². The largest absolute Gasteiger partial charge is 0.465 e. The van der Waals surface area contributed by atoms with Gasteiger partial charge in [-0.25, -0.2) is 4.79 Å². The molecule has 0 heterocycles. The van der Waals surface area contributed by atoms with Crippen LogP contribution in [0.1, 0.15) is 21.5 Å². The van der Waals surface area contributed by atoms with E-state index in [-0.39, 0.29) is 24.8 Å². The maximum absolute atomic E-state index is 11.9. The van der Waals surface area contributed by atoms with Crippen molar-refractivity contribution in [2.45, 2.75) is 13.3 Å². The number of hydrogen-bond donors (Lipinski definition) is 2. The summed E-state index contributed by atoms with van der Waals surface area (Å²) in [6, 6.07) is 14.0. The number of methoxy groups -OCH3 is 1. The Morgan fingerprint density at radius 1 is 1.00 bits per heavy atom. The van der Waals surface area contributed by atoms with Crippen molar-refractivity contribution >= 4 is 23.5 Å². The number of benzene rings is 2. The molecular weight excluding hydrogens is 320 g/mol. The average Bonchev–Trinajstić information content (AvgIpc) is 2.59. The SMILES string of the molecule is COC(=O)c1cccc(NC(=O)CNC(=O)Cc2cccc(C)c2)c1. The molecular formula is C19H20N2O4. The first-order valence-corrected chi connectivity index (χ1v) is 7.78. The Bertz CT molecular complexity index is 786. The predicted molar refractivity (Wildman–Crippen MR) is 94.3 cm³/mol. The van der Waals surface area contributed by atoms with Crippen molar-refractivity contribution in [1.29, 1.82) is 0 Å². The summed E-state index contributed by atoms with van der Waals surface area (Å²) in [6.45, 7) is 1.81. The third-order valence-electron chi connectivity index (χ3n) is 3.46. The van der Waals surface area contributed by atoms with Gasteiger partial charge in [0, 0.05) is 5.69 Å². The van der Waals surface area contributed by atoms with Gasteiger partial charge in [0.15, 0.2) is 0 Å². The van der Waals surface area contributed by atoms with E-state index in [9.17, 15) is 14.4 Å². The number of carbonyl (C=O) groups is 3. The van der Waals surface area contributed by atoms with Crippen molar-refractivity contribution in [1.82, 2.24) is 5.32 Å². The van der Waals surface area contributed by atoms with E-state index in [1.807, 2.05) is 31.2 Å². The Balaban J connectivity index is 1.84. The van der Waals surface area contributed by atoms with E-state index >= 15 is 0 Å². The van der Waals surface area contributed by atoms with E-state index in [4.69, 9.17) is 0 Å². The van der Waals surface area contributed by atoms with Crippen molar-refractivity contribution in [3.63, 3.8) is 0 Å². The second-order valence-corrected chi connectivity index (χ2v) is 5.56. The minimum absolute atomic E-state index is 0.146. The monoisotopic (exact) mass is 340 g/mol. The third-order valence-corrected chi connectivity index (χ3v) is 3.46. The molecule has 0 spiro atoms. The van der Waals surface area contributed by atoms with Gasteiger partial charge in [-0.3, -0.25) is 9.59 Å². The van der Waals surface area contributed by atoms with Gasteiger partial charge < -0.3 is 15.4 Å². The highest BCUT2D eigenvalue weighted by molar-refractivity contribution is 5.96. The fraction of sp³-hybridized carbons (Fsp3) is 0.211. The number of esters is 1. The van der Waals surface area contributed by atoms with Crippen LogP contribution in [0.5, 0.6) is 0 Å². The molecule has 0 aliphatic rings. The Morgan fingerprint density at radius 2 is 1.76 bits per heavy atom. The van der Waals surface area contributed by atoms with Crippen LogP contribution in [0.4, 0.5) is 5.69 Å². The number of hydrogen-bond acceptors (Lipinski definition) is 4. The second kappa shape index (κ2) is 8.63. The average molecular weight is 340 g/mol. The van der Waals surface area contributed by atoms with E-state index < -0.39 is 5.97 Å². The molecule has 25 heavy (non-hydrogen) atoms. The van der Waals surface area contributed by atoms with Crippen molar-refractivity contribution in [3.8, 4) is 0 Å². The van der Waals surface area contributed by atoms with Gasteiger partial charge in [0.25, 0.3) is 0 Å². The van der Waals surface area contributed by atoms with E-state index in [0.717, 1.165) is 11.1 Å². The number of rotatable bonds is 6. The zero-order valence-electron chi connectivity index (χ0n) is 14.2. The lowest BCUT2D eigenvalue weighted by atomic mass is 10.1. The molecule has 0 aromatic heterocycles. The summed E-state index contributed by atoms with van der Waals surface area (Å²) in [5, 5.41) is 5.20. The summed E-state index contributed by atoms with van der Waals surface area (Å²) in [5.74, 6) is -1.09. The van der Waals surface area contributed by atoms with Crippen LogP contribution >= 0.6 is 0 Å². The van der Waals surface area contributed by atoms with Crippen LogP contribution in [0, 0.1) is 6.92 Å². The molecule has 6 heteroatoms. The highest BCUT2D eigenvalue weighted by Crippen LogP contribution is 2.11. The fourth-order valence-electron chi connectivity index (χ4n) is 2.30. The lowest BCUT2D eigenvalue weighted by Gasteiger charge is -2.08. The fourth-order valence-corrected chi connectivity index (χ4v) is 2.30. The molecule has 2 N–H and O–H groups in total. The molecule has 0 saturated carbocycles. The molecule has 2 amide bonds. The van der Waals surface area contributed by atoms with Crippen LogP contribution in [0.3, 0.4) is 0 Å². The highest BCUT2D eigenvalue weighted by Gasteiger charge is 2.09. The highest BCUT2D eigenvalue weighted by atomic mass is 16.5. The second-order valence-electron chi connectivity index (χ2n) is 5.56. The number of aryl methyl sites for hydroxylation is 1. The zero-order valence-corrected chi connectivity index (χ0v) is 14.2. The first-order valence-electron chi connectivity index (χ1n) is 7.78. The van der Waals surface area contributed by atoms with Crippen molar-refractivity contribution in [2.75, 3.05) is 19.0 Å². The first-order chi connectivity index (χ1) is 12.0. The molecule has 0 radical (unpaired) electrons. The van der Waals surface area contributed by atoms with Crippen LogP contribution < -0.4 is 10.6 Å². The summed E-state index contributed by atoms with van der Waals surface area (Å²) >= 11 is 0. The summed E-state index contributed by atoms with van der Waals surface area (Å²) in [4.78, 5) is 35.3. The van der Waals surface area contributed by atoms with Gasteiger partial charge in [-0.1, -0.05) is 35.9 Å². The van der Waals surface area contributed by atoms with Crippen LogP contribution in [0.25, 0.3) is 0 Å². The summed E-state index contributed by atoms with van der Waals surface area (Å²) in [5.41, 5.74) is 2.77. The maximum Gasteiger partial charge on any atom is 0.337 e. The molecule has 0 aliphatic heterocycles. The number of carbonyl (C=O) groups excluding carboxylic acids is 3. The van der Waals surface area contributed by atoms with E-state index in [0.29, 0.717) is 11.3 Å². The van der Waals surface area contributed by atoms with Crippen molar-refractivity contribution < 1.29 is 19.1 Å². The molecule has 6 nitrogen and oxygen atoms in total. The zero-order chi connectivity index (χ0) is 18.2. The van der Waals surface area contributed by atoms with Gasteiger partial charge in [-0.05, 0) is 30.7 Å². The van der Waals surface area contributed by atoms with Crippen molar-refractivity contribution in [3.05, 3.63) is 65.2 Å². The lowest BCUT2D eigenvalue weighted by molar-refractivity contribution is -0.123. The standard InChI is InChI=1S/C19H20N2O4/c1-13-5-3-6-14(9-13)10-17(22)20-12-18(23)21-16-8-4-7-15(11-16)19(24)25-2/h3-9,11H,10,12H2,1-2H3,(H,20,22)(H,21,23). The number of amides is 2. The first kappa shape index (κ1) is 18.2. The predicted octanol–water partition coefficient (Wildman–Crippen LogP) is 2.08. The normalized spacial score (nSPS) is 10.0. The number of anilines is 1. The molecule has 0 atom stereocenters. The van der Waals surface area contributed by atoms with Crippen LogP contribution in [0.2, 0.25) is 0 Å². The van der Waals surface area contributed by atoms with Crippen LogP contribution in [-0.2, 0) is 20.7 Å². The minimum atomic E-state index is -0.484. The van der Waals surface area contributed by atoms with Gasteiger partial charge in [0.2, 0.25) is 11.8 Å². The van der Waals surface area contributed by atoms with E-state index in [2.05, 4.69) is 15.4 Å².